The molecule has 1 atom stereocenters. The molecule has 0 aromatic carbocycles. The quantitative estimate of drug-likeness (QED) is 0.915. The van der Waals surface area contributed by atoms with Crippen LogP contribution in [-0.2, 0) is 0 Å². The largest absolute Gasteiger partial charge is 0.356 e. The molecule has 1 saturated heterocycles. The van der Waals surface area contributed by atoms with Crippen molar-refractivity contribution in [3.05, 3.63) is 29.4 Å². The molecule has 2 aromatic heterocycles. The second kappa shape index (κ2) is 7.74. The van der Waals surface area contributed by atoms with Gasteiger partial charge in [-0.1, -0.05) is 17.8 Å². The van der Waals surface area contributed by atoms with Crippen LogP contribution in [0.2, 0.25) is 0 Å². The van der Waals surface area contributed by atoms with Crippen LogP contribution in [0.5, 0.6) is 0 Å². The van der Waals surface area contributed by atoms with Crippen LogP contribution in [0, 0.1) is 0 Å². The Morgan fingerprint density at radius 1 is 1.43 bits per heavy atom. The van der Waals surface area contributed by atoms with Gasteiger partial charge in [0, 0.05) is 24.5 Å². The average molecular weight is 349 g/mol. The van der Waals surface area contributed by atoms with Gasteiger partial charge in [0.2, 0.25) is 5.13 Å². The highest BCUT2D eigenvalue weighted by molar-refractivity contribution is 7.99. The molecule has 23 heavy (non-hydrogen) atoms. The fourth-order valence-corrected chi connectivity index (χ4v) is 3.78. The second-order valence-corrected chi connectivity index (χ2v) is 7.37. The summed E-state index contributed by atoms with van der Waals surface area (Å²) in [5.41, 5.74) is 2.11. The maximum atomic E-state index is 12.1. The lowest BCUT2D eigenvalue weighted by atomic mass is 10.2. The van der Waals surface area contributed by atoms with E-state index in [-0.39, 0.29) is 5.91 Å². The van der Waals surface area contributed by atoms with Crippen LogP contribution in [-0.4, -0.2) is 45.7 Å². The van der Waals surface area contributed by atoms with Crippen LogP contribution in [0.25, 0.3) is 0 Å². The highest BCUT2D eigenvalue weighted by atomic mass is 32.2. The molecule has 1 amide bonds. The van der Waals surface area contributed by atoms with Crippen LogP contribution >= 0.6 is 23.1 Å². The molecule has 8 heteroatoms. The minimum absolute atomic E-state index is 0.210. The predicted molar refractivity (Wildman–Crippen MR) is 95.5 cm³/mol. The summed E-state index contributed by atoms with van der Waals surface area (Å²) in [7, 11) is 0. The van der Waals surface area contributed by atoms with Gasteiger partial charge >= 0.3 is 0 Å². The number of carbonyl (C=O) groups excluding carboxylic acids is 1. The lowest BCUT2D eigenvalue weighted by Crippen LogP contribution is -2.30. The van der Waals surface area contributed by atoms with E-state index in [9.17, 15) is 4.79 Å². The number of pyridine rings is 1. The molecular formula is C15H19N5OS2. The zero-order chi connectivity index (χ0) is 16.1. The fraction of sp³-hybridized carbons (Fsp3) is 0.467. The molecule has 3 rings (SSSR count). The first kappa shape index (κ1) is 16.2. The van der Waals surface area contributed by atoms with Crippen molar-refractivity contribution in [1.82, 2.24) is 15.2 Å². The summed E-state index contributed by atoms with van der Waals surface area (Å²) >= 11 is 3.21. The molecule has 0 bridgehead atoms. The number of nitrogens with one attached hydrogen (secondary N) is 1. The lowest BCUT2D eigenvalue weighted by Gasteiger charge is -2.24. The van der Waals surface area contributed by atoms with E-state index in [2.05, 4.69) is 31.7 Å². The SMILES string of the molecule is CSC1CCCCN(c2ccc(C(=O)Nc3nncs3)cn2)C1. The first-order chi connectivity index (χ1) is 11.3. The van der Waals surface area contributed by atoms with E-state index in [4.69, 9.17) is 0 Å². The van der Waals surface area contributed by atoms with Gasteiger partial charge in [0.05, 0.1) is 5.56 Å². The molecule has 3 heterocycles. The summed E-state index contributed by atoms with van der Waals surface area (Å²) in [5.74, 6) is 0.733. The van der Waals surface area contributed by atoms with Gasteiger partial charge in [0.15, 0.2) is 0 Å². The summed E-state index contributed by atoms with van der Waals surface area (Å²) in [6.45, 7) is 2.05. The first-order valence-electron chi connectivity index (χ1n) is 7.57. The van der Waals surface area contributed by atoms with E-state index >= 15 is 0 Å². The van der Waals surface area contributed by atoms with E-state index in [0.717, 1.165) is 18.9 Å². The summed E-state index contributed by atoms with van der Waals surface area (Å²) in [6, 6.07) is 3.75. The summed E-state index contributed by atoms with van der Waals surface area (Å²) in [6.07, 6.45) is 7.52. The highest BCUT2D eigenvalue weighted by Crippen LogP contribution is 2.23. The number of hydrogen-bond donors (Lipinski definition) is 1. The maximum absolute atomic E-state index is 12.1. The number of carbonyl (C=O) groups is 1. The van der Waals surface area contributed by atoms with Gasteiger partial charge < -0.3 is 4.90 Å². The van der Waals surface area contributed by atoms with E-state index in [0.29, 0.717) is 15.9 Å². The molecule has 0 spiro atoms. The number of nitrogens with zero attached hydrogens (tertiary/aromatic N) is 4. The topological polar surface area (TPSA) is 71.0 Å². The van der Waals surface area contributed by atoms with Crippen molar-refractivity contribution in [3.63, 3.8) is 0 Å². The summed E-state index contributed by atoms with van der Waals surface area (Å²) < 4.78 is 0. The van der Waals surface area contributed by atoms with E-state index in [1.54, 1.807) is 11.7 Å². The third kappa shape index (κ3) is 4.20. The van der Waals surface area contributed by atoms with E-state index < -0.39 is 0 Å². The number of anilines is 2. The molecule has 1 aliphatic rings. The number of amides is 1. The van der Waals surface area contributed by atoms with Crippen LogP contribution in [0.1, 0.15) is 29.6 Å². The number of aromatic nitrogens is 3. The Morgan fingerprint density at radius 3 is 3.04 bits per heavy atom. The molecule has 122 valence electrons. The molecule has 1 N–H and O–H groups in total. The average Bonchev–Trinajstić information content (AvgIpc) is 2.97. The van der Waals surface area contributed by atoms with Crippen molar-refractivity contribution < 1.29 is 4.79 Å². The van der Waals surface area contributed by atoms with E-state index in [1.807, 2.05) is 23.9 Å². The van der Waals surface area contributed by atoms with Gasteiger partial charge in [-0.3, -0.25) is 10.1 Å². The van der Waals surface area contributed by atoms with Gasteiger partial charge in [0.25, 0.3) is 5.91 Å². The molecule has 0 aliphatic carbocycles. The maximum Gasteiger partial charge on any atom is 0.259 e. The molecule has 6 nitrogen and oxygen atoms in total. The number of thioether (sulfide) groups is 1. The molecule has 1 aliphatic heterocycles. The fourth-order valence-electron chi connectivity index (χ4n) is 2.61. The van der Waals surface area contributed by atoms with Crippen molar-refractivity contribution in [2.45, 2.75) is 24.5 Å². The molecule has 0 saturated carbocycles. The predicted octanol–water partition coefficient (Wildman–Crippen LogP) is 2.91. The minimum Gasteiger partial charge on any atom is -0.356 e. The Bertz CT molecular complexity index is 632. The Hall–Kier alpha value is -1.67. The third-order valence-electron chi connectivity index (χ3n) is 3.88. The normalized spacial score (nSPS) is 18.5. The van der Waals surface area contributed by atoms with Gasteiger partial charge in [-0.25, -0.2) is 4.98 Å². The summed E-state index contributed by atoms with van der Waals surface area (Å²) in [5, 5.41) is 11.4. The zero-order valence-electron chi connectivity index (χ0n) is 12.9. The van der Waals surface area contributed by atoms with Crippen LogP contribution in [0.15, 0.2) is 23.8 Å². The standard InChI is InChI=1S/C15H19N5OS2/c1-22-12-4-2-3-7-20(9-12)13-6-5-11(8-16-13)14(21)18-15-19-17-10-23-15/h5-6,8,10,12H,2-4,7,9H2,1H3,(H,18,19,21). The van der Waals surface area contributed by atoms with Gasteiger partial charge in [0.1, 0.15) is 11.3 Å². The van der Waals surface area contributed by atoms with Crippen LogP contribution in [0.3, 0.4) is 0 Å². The highest BCUT2D eigenvalue weighted by Gasteiger charge is 2.19. The lowest BCUT2D eigenvalue weighted by molar-refractivity contribution is 0.102. The summed E-state index contributed by atoms with van der Waals surface area (Å²) in [4.78, 5) is 18.9. The number of hydrogen-bond acceptors (Lipinski definition) is 7. The smallest absolute Gasteiger partial charge is 0.259 e. The van der Waals surface area contributed by atoms with Crippen LogP contribution < -0.4 is 10.2 Å². The van der Waals surface area contributed by atoms with Crippen LogP contribution in [0.4, 0.5) is 10.9 Å². The van der Waals surface area contributed by atoms with Crippen molar-refractivity contribution >= 4 is 40.0 Å². The molecular weight excluding hydrogens is 330 g/mol. The molecule has 1 fully saturated rings. The Labute approximate surface area is 143 Å². The zero-order valence-corrected chi connectivity index (χ0v) is 14.6. The Kier molecular flexibility index (Phi) is 5.45. The van der Waals surface area contributed by atoms with Gasteiger partial charge in [-0.15, -0.1) is 10.2 Å². The minimum atomic E-state index is -0.210. The van der Waals surface area contributed by atoms with Crippen molar-refractivity contribution in [3.8, 4) is 0 Å². The van der Waals surface area contributed by atoms with Crippen molar-refractivity contribution in [2.24, 2.45) is 0 Å². The number of rotatable bonds is 4. The monoisotopic (exact) mass is 349 g/mol. The molecule has 2 aromatic rings. The van der Waals surface area contributed by atoms with Crippen molar-refractivity contribution in [2.75, 3.05) is 29.6 Å². The van der Waals surface area contributed by atoms with Gasteiger partial charge in [-0.05, 0) is 31.2 Å². The molecule has 0 radical (unpaired) electrons. The van der Waals surface area contributed by atoms with Gasteiger partial charge in [-0.2, -0.15) is 11.8 Å². The second-order valence-electron chi connectivity index (χ2n) is 5.40. The molecule has 1 unspecified atom stereocenters. The third-order valence-corrected chi connectivity index (χ3v) is 5.53. The Morgan fingerprint density at radius 2 is 2.35 bits per heavy atom. The van der Waals surface area contributed by atoms with E-state index in [1.165, 1.54) is 30.6 Å². The van der Waals surface area contributed by atoms with Crippen molar-refractivity contribution in [1.29, 1.82) is 0 Å². The first-order valence-corrected chi connectivity index (χ1v) is 9.74. The Balaban J connectivity index is 1.67.